The summed E-state index contributed by atoms with van der Waals surface area (Å²) < 4.78 is 53.6. The molecule has 0 radical (unpaired) electrons. The Morgan fingerprint density at radius 2 is 2.17 bits per heavy atom. The number of halogens is 3. The quantitative estimate of drug-likeness (QED) is 0.686. The van der Waals surface area contributed by atoms with Gasteiger partial charge in [-0.1, -0.05) is 0 Å². The van der Waals surface area contributed by atoms with Crippen LogP contribution in [0, 0.1) is 0 Å². The lowest BCUT2D eigenvalue weighted by atomic mass is 10.7. The Morgan fingerprint density at radius 1 is 1.58 bits per heavy atom. The second-order valence-electron chi connectivity index (χ2n) is 1.84. The predicted octanol–water partition coefficient (Wildman–Crippen LogP) is 0.940. The SMILES string of the molecule is O=S(O)c1cnn(C(F)(F)F)c1. The Hall–Kier alpha value is -0.890. The Bertz CT molecular complexity index is 307. The summed E-state index contributed by atoms with van der Waals surface area (Å²) in [6, 6.07) is 0. The molecule has 12 heavy (non-hydrogen) atoms. The average molecular weight is 200 g/mol. The van der Waals surface area contributed by atoms with Crippen LogP contribution in [0.5, 0.6) is 0 Å². The summed E-state index contributed by atoms with van der Waals surface area (Å²) in [4.78, 5) is -0.382. The molecule has 1 heterocycles. The third kappa shape index (κ3) is 1.83. The molecule has 0 amide bonds. The van der Waals surface area contributed by atoms with Crippen LogP contribution in [0.15, 0.2) is 17.3 Å². The molecule has 1 aromatic heterocycles. The Labute approximate surface area is 67.3 Å². The van der Waals surface area contributed by atoms with Crippen molar-refractivity contribution in [2.45, 2.75) is 11.2 Å². The summed E-state index contributed by atoms with van der Waals surface area (Å²) in [5, 5.41) is 2.85. The van der Waals surface area contributed by atoms with Crippen molar-refractivity contribution in [3.63, 3.8) is 0 Å². The minimum atomic E-state index is -4.64. The number of aromatic nitrogens is 2. The van der Waals surface area contributed by atoms with Crippen LogP contribution < -0.4 is 0 Å². The molecule has 1 atom stereocenters. The van der Waals surface area contributed by atoms with Crippen LogP contribution in [0.3, 0.4) is 0 Å². The fourth-order valence-corrected chi connectivity index (χ4v) is 0.862. The van der Waals surface area contributed by atoms with Crippen LogP contribution >= 0.6 is 0 Å². The topological polar surface area (TPSA) is 55.1 Å². The molecule has 1 unspecified atom stereocenters. The molecule has 1 rings (SSSR count). The fraction of sp³-hybridized carbons (Fsp3) is 0.250. The van der Waals surface area contributed by atoms with Gasteiger partial charge in [-0.2, -0.15) is 9.78 Å². The van der Waals surface area contributed by atoms with E-state index in [1.165, 1.54) is 0 Å². The molecule has 0 fully saturated rings. The minimum absolute atomic E-state index is 0.337. The van der Waals surface area contributed by atoms with E-state index in [0.717, 1.165) is 0 Å². The van der Waals surface area contributed by atoms with Gasteiger partial charge in [0.25, 0.3) is 0 Å². The van der Waals surface area contributed by atoms with Crippen molar-refractivity contribution in [2.24, 2.45) is 0 Å². The zero-order valence-electron chi connectivity index (χ0n) is 5.45. The molecule has 0 aliphatic rings. The highest BCUT2D eigenvalue weighted by Gasteiger charge is 2.31. The van der Waals surface area contributed by atoms with Gasteiger partial charge in [0.15, 0.2) is 11.1 Å². The molecule has 0 aromatic carbocycles. The van der Waals surface area contributed by atoms with E-state index in [1.54, 1.807) is 0 Å². The largest absolute Gasteiger partial charge is 0.504 e. The van der Waals surface area contributed by atoms with E-state index in [0.29, 0.717) is 12.4 Å². The van der Waals surface area contributed by atoms with E-state index in [2.05, 4.69) is 5.10 Å². The maximum Gasteiger partial charge on any atom is 0.504 e. The van der Waals surface area contributed by atoms with Gasteiger partial charge in [-0.15, -0.1) is 13.2 Å². The Balaban J connectivity index is 3.00. The van der Waals surface area contributed by atoms with Crippen LogP contribution in [0.1, 0.15) is 0 Å². The molecule has 4 nitrogen and oxygen atoms in total. The third-order valence-electron chi connectivity index (χ3n) is 1.02. The highest BCUT2D eigenvalue weighted by Crippen LogP contribution is 2.21. The van der Waals surface area contributed by atoms with Crippen molar-refractivity contribution >= 4 is 11.1 Å². The molecule has 0 saturated heterocycles. The summed E-state index contributed by atoms with van der Waals surface area (Å²) >= 11 is -2.43. The highest BCUT2D eigenvalue weighted by atomic mass is 32.2. The molecule has 0 spiro atoms. The van der Waals surface area contributed by atoms with Gasteiger partial charge >= 0.3 is 6.30 Å². The molecule has 0 aliphatic carbocycles. The van der Waals surface area contributed by atoms with E-state index in [9.17, 15) is 17.4 Å². The smallest absolute Gasteiger partial charge is 0.302 e. The molecule has 1 N–H and O–H groups in total. The zero-order valence-corrected chi connectivity index (χ0v) is 6.26. The summed E-state index contributed by atoms with van der Waals surface area (Å²) in [6.45, 7) is 0. The third-order valence-corrected chi connectivity index (χ3v) is 1.63. The van der Waals surface area contributed by atoms with Crippen LogP contribution in [-0.4, -0.2) is 18.5 Å². The molecule has 68 valence electrons. The zero-order chi connectivity index (χ0) is 9.35. The summed E-state index contributed by atoms with van der Waals surface area (Å²) in [7, 11) is 0. The van der Waals surface area contributed by atoms with E-state index in [-0.39, 0.29) is 9.58 Å². The second-order valence-corrected chi connectivity index (χ2v) is 2.81. The van der Waals surface area contributed by atoms with Gasteiger partial charge < -0.3 is 4.55 Å². The molecular weight excluding hydrogens is 197 g/mol. The standard InChI is InChI=1S/C4H3F3N2O2S/c5-4(6,7)9-2-3(1-8-9)12(10)11/h1-2H,(H,10,11). The van der Waals surface area contributed by atoms with Crippen LogP contribution in [0.4, 0.5) is 13.2 Å². The maximum absolute atomic E-state index is 11.8. The predicted molar refractivity (Wildman–Crippen MR) is 32.6 cm³/mol. The second kappa shape index (κ2) is 2.87. The van der Waals surface area contributed by atoms with Gasteiger partial charge in [-0.3, -0.25) is 0 Å². The molecule has 1 aromatic rings. The molecule has 0 bridgehead atoms. The first-order valence-corrected chi connectivity index (χ1v) is 3.74. The normalized spacial score (nSPS) is 14.7. The molecular formula is C4H3F3N2O2S. The van der Waals surface area contributed by atoms with Gasteiger partial charge in [-0.25, -0.2) is 4.21 Å². The van der Waals surface area contributed by atoms with Gasteiger partial charge in [0, 0.05) is 0 Å². The minimum Gasteiger partial charge on any atom is -0.302 e. The number of nitrogens with zero attached hydrogens (tertiary/aromatic N) is 2. The van der Waals surface area contributed by atoms with E-state index < -0.39 is 17.4 Å². The summed E-state index contributed by atoms with van der Waals surface area (Å²) in [6.07, 6.45) is -3.50. The van der Waals surface area contributed by atoms with Crippen molar-refractivity contribution in [1.29, 1.82) is 0 Å². The van der Waals surface area contributed by atoms with E-state index >= 15 is 0 Å². The van der Waals surface area contributed by atoms with Gasteiger partial charge in [-0.05, 0) is 0 Å². The van der Waals surface area contributed by atoms with E-state index in [4.69, 9.17) is 4.55 Å². The van der Waals surface area contributed by atoms with Crippen molar-refractivity contribution in [1.82, 2.24) is 9.78 Å². The lowest BCUT2D eigenvalue weighted by molar-refractivity contribution is -0.212. The number of alkyl halides is 3. The summed E-state index contributed by atoms with van der Waals surface area (Å²) in [5.74, 6) is 0. The van der Waals surface area contributed by atoms with Gasteiger partial charge in [0.2, 0.25) is 0 Å². The first-order valence-electron chi connectivity index (χ1n) is 2.64. The van der Waals surface area contributed by atoms with Crippen molar-refractivity contribution in [2.75, 3.05) is 0 Å². The van der Waals surface area contributed by atoms with Gasteiger partial charge in [0.1, 0.15) is 4.90 Å². The molecule has 0 saturated carbocycles. The van der Waals surface area contributed by atoms with Crippen molar-refractivity contribution < 1.29 is 21.9 Å². The first kappa shape index (κ1) is 9.20. The lowest BCUT2D eigenvalue weighted by Crippen LogP contribution is -2.16. The van der Waals surface area contributed by atoms with Crippen molar-refractivity contribution in [3.05, 3.63) is 12.4 Å². The van der Waals surface area contributed by atoms with Crippen LogP contribution in [0.2, 0.25) is 0 Å². The maximum atomic E-state index is 11.8. The first-order chi connectivity index (χ1) is 5.41. The Morgan fingerprint density at radius 3 is 2.42 bits per heavy atom. The monoisotopic (exact) mass is 200 g/mol. The summed E-state index contributed by atoms with van der Waals surface area (Å²) in [5.41, 5.74) is 0. The molecule has 8 heteroatoms. The highest BCUT2D eigenvalue weighted by molar-refractivity contribution is 7.79. The van der Waals surface area contributed by atoms with E-state index in [1.807, 2.05) is 0 Å². The lowest BCUT2D eigenvalue weighted by Gasteiger charge is -2.03. The van der Waals surface area contributed by atoms with Crippen molar-refractivity contribution in [3.8, 4) is 0 Å². The number of rotatable bonds is 1. The Kier molecular flexibility index (Phi) is 2.20. The molecule has 0 aliphatic heterocycles. The van der Waals surface area contributed by atoms with Crippen LogP contribution in [0.25, 0.3) is 0 Å². The van der Waals surface area contributed by atoms with Gasteiger partial charge in [0.05, 0.1) is 12.4 Å². The van der Waals surface area contributed by atoms with Crippen LogP contribution in [-0.2, 0) is 17.4 Å². The number of hydrogen-bond acceptors (Lipinski definition) is 2. The number of hydrogen-bond donors (Lipinski definition) is 1. The fourth-order valence-electron chi connectivity index (χ4n) is 0.535. The average Bonchev–Trinajstić information content (AvgIpc) is 2.30.